The molecule has 0 aromatic heterocycles. The van der Waals surface area contributed by atoms with E-state index >= 15 is 0 Å². The number of nitrogens with zero attached hydrogens (tertiary/aromatic N) is 2. The number of quaternary nitrogens is 2. The number of hydrogen-bond donors (Lipinski definition) is 0. The zero-order valence-corrected chi connectivity index (χ0v) is 43.2. The Bertz CT molecular complexity index is 2200. The van der Waals surface area contributed by atoms with Gasteiger partial charge in [0.2, 0.25) is 0 Å². The van der Waals surface area contributed by atoms with Gasteiger partial charge in [-0.1, -0.05) is 243 Å². The maximum atomic E-state index is 2.36. The lowest BCUT2D eigenvalue weighted by molar-refractivity contribution is -0.956. The van der Waals surface area contributed by atoms with Gasteiger partial charge in [-0.25, -0.2) is 0 Å². The van der Waals surface area contributed by atoms with Crippen LogP contribution in [0.2, 0.25) is 0 Å². The number of benzene rings is 8. The van der Waals surface area contributed by atoms with Crippen molar-refractivity contribution >= 4 is 0 Å². The van der Waals surface area contributed by atoms with Gasteiger partial charge < -0.3 is 39.3 Å². The first-order valence-electron chi connectivity index (χ1n) is 24.6. The Labute approximate surface area is 427 Å². The molecule has 0 aliphatic carbocycles. The van der Waals surface area contributed by atoms with Gasteiger partial charge in [0.05, 0.1) is 39.3 Å². The Hall–Kier alpha value is -5.78. The molecular weight excluding hydrogens is 884 g/mol. The molecule has 3 nitrogen and oxygen atoms in total. The van der Waals surface area contributed by atoms with Crippen molar-refractivity contribution in [2.24, 2.45) is 0 Å². The van der Waals surface area contributed by atoms with Gasteiger partial charge in [0.1, 0.15) is 22.9 Å². The van der Waals surface area contributed by atoms with Crippen molar-refractivity contribution in [2.75, 3.05) is 39.3 Å². The highest BCUT2D eigenvalue weighted by atomic mass is 35.5. The first kappa shape index (κ1) is 55.8. The summed E-state index contributed by atoms with van der Waals surface area (Å²) < 4.78 is 2.01. The smallest absolute Gasteiger partial charge is 0.133 e. The fraction of sp³-hybridized carbons (Fsp3) is 0.250. The second kappa shape index (κ2) is 26.3. The summed E-state index contributed by atoms with van der Waals surface area (Å²) in [5, 5.41) is 0. The highest BCUT2D eigenvalue weighted by molar-refractivity contribution is 5.55. The summed E-state index contributed by atoms with van der Waals surface area (Å²) in [6.45, 7) is 20.6. The highest BCUT2D eigenvalue weighted by Gasteiger charge is 2.55. The van der Waals surface area contributed by atoms with E-state index in [1.54, 1.807) is 0 Å². The molecular formula is C64H74Cl2N2O. The lowest BCUT2D eigenvalue weighted by Gasteiger charge is -2.53. The van der Waals surface area contributed by atoms with Crippen molar-refractivity contribution in [3.8, 4) is 0 Å². The number of rotatable bonds is 18. The van der Waals surface area contributed by atoms with E-state index in [-0.39, 0.29) is 53.2 Å². The maximum Gasteiger partial charge on any atom is 0.133 e. The molecule has 0 aliphatic rings. The van der Waals surface area contributed by atoms with Gasteiger partial charge in [-0.2, -0.15) is 0 Å². The van der Waals surface area contributed by atoms with E-state index in [1.165, 1.54) is 44.5 Å². The minimum atomic E-state index is -0.340. The first-order chi connectivity index (χ1) is 32.4. The second-order valence-electron chi connectivity index (χ2n) is 17.8. The van der Waals surface area contributed by atoms with Crippen molar-refractivity contribution in [3.63, 3.8) is 0 Å². The van der Waals surface area contributed by atoms with Crippen LogP contribution in [0.15, 0.2) is 243 Å². The number of likely N-dealkylation sites (N-methyl/N-ethyl adjacent to an activating group) is 2. The van der Waals surface area contributed by atoms with Crippen molar-refractivity contribution in [1.82, 2.24) is 0 Å². The van der Waals surface area contributed by atoms with E-state index < -0.39 is 0 Å². The molecule has 0 radical (unpaired) electrons. The Kier molecular flexibility index (Phi) is 21.2. The largest absolute Gasteiger partial charge is 1.00 e. The SMILES string of the molecule is CC[N+](CC)(CC)C(c1ccccc1)C(c1ccccc1)(c1ccccc1)c1ccccc1.CC[N+](CC)(CC)C(c1ccccc1)C(c1ccccc1)(c1ccccc1)c1ccccc1.O.[Cl-].[Cl-]. The van der Waals surface area contributed by atoms with Gasteiger partial charge in [0, 0.05) is 11.1 Å². The lowest BCUT2D eigenvalue weighted by Crippen LogP contribution is -3.00. The van der Waals surface area contributed by atoms with Crippen molar-refractivity contribution in [2.45, 2.75) is 64.5 Å². The van der Waals surface area contributed by atoms with E-state index in [0.717, 1.165) is 48.2 Å². The molecule has 2 unspecified atom stereocenters. The van der Waals surface area contributed by atoms with Gasteiger partial charge >= 0.3 is 0 Å². The topological polar surface area (TPSA) is 31.5 Å². The Balaban J connectivity index is 0.000000288. The average Bonchev–Trinajstić information content (AvgIpc) is 3.41. The van der Waals surface area contributed by atoms with Gasteiger partial charge in [0.25, 0.3) is 0 Å². The normalized spacial score (nSPS) is 12.4. The van der Waals surface area contributed by atoms with Crippen LogP contribution >= 0.6 is 0 Å². The summed E-state index contributed by atoms with van der Waals surface area (Å²) in [5.41, 5.74) is 10.1. The van der Waals surface area contributed by atoms with Crippen molar-refractivity contribution < 1.29 is 39.3 Å². The molecule has 0 saturated heterocycles. The highest BCUT2D eigenvalue weighted by Crippen LogP contribution is 2.55. The Morgan fingerprint density at radius 1 is 0.261 bits per heavy atom. The molecule has 69 heavy (non-hydrogen) atoms. The molecule has 8 aromatic rings. The van der Waals surface area contributed by atoms with Crippen LogP contribution in [0.1, 0.15) is 98.1 Å². The molecule has 5 heteroatoms. The molecule has 0 fully saturated rings. The molecule has 0 aliphatic heterocycles. The molecule has 360 valence electrons. The second-order valence-corrected chi connectivity index (χ2v) is 17.8. The van der Waals surface area contributed by atoms with Crippen molar-refractivity contribution in [1.29, 1.82) is 0 Å². The zero-order chi connectivity index (χ0) is 46.3. The molecule has 0 bridgehead atoms. The third-order valence-electron chi connectivity index (χ3n) is 15.3. The van der Waals surface area contributed by atoms with E-state index in [0.29, 0.717) is 0 Å². The average molecular weight is 958 g/mol. The fourth-order valence-electron chi connectivity index (χ4n) is 11.8. The summed E-state index contributed by atoms with van der Waals surface area (Å²) in [6, 6.07) is 89.8. The predicted molar refractivity (Wildman–Crippen MR) is 284 cm³/mol. The minimum Gasteiger partial charge on any atom is -1.00 e. The van der Waals surface area contributed by atoms with Crippen LogP contribution in [-0.4, -0.2) is 53.7 Å². The van der Waals surface area contributed by atoms with Gasteiger partial charge in [-0.3, -0.25) is 0 Å². The molecule has 2 atom stereocenters. The van der Waals surface area contributed by atoms with Crippen LogP contribution in [0.3, 0.4) is 0 Å². The molecule has 0 amide bonds. The van der Waals surface area contributed by atoms with Crippen LogP contribution in [0, 0.1) is 0 Å². The quantitative estimate of drug-likeness (QED) is 0.0612. The van der Waals surface area contributed by atoms with Crippen LogP contribution < -0.4 is 24.8 Å². The predicted octanol–water partition coefficient (Wildman–Crippen LogP) is 8.46. The van der Waals surface area contributed by atoms with E-state index in [9.17, 15) is 0 Å². The van der Waals surface area contributed by atoms with E-state index in [4.69, 9.17) is 0 Å². The first-order valence-corrected chi connectivity index (χ1v) is 24.6. The zero-order valence-electron chi connectivity index (χ0n) is 41.6. The molecule has 0 heterocycles. The summed E-state index contributed by atoms with van der Waals surface area (Å²) >= 11 is 0. The van der Waals surface area contributed by atoms with Gasteiger partial charge in [-0.15, -0.1) is 0 Å². The number of halogens is 2. The number of hydrogen-bond acceptors (Lipinski definition) is 0. The van der Waals surface area contributed by atoms with E-state index in [2.05, 4.69) is 284 Å². The van der Waals surface area contributed by atoms with Crippen molar-refractivity contribution in [3.05, 3.63) is 287 Å². The third-order valence-corrected chi connectivity index (χ3v) is 15.3. The van der Waals surface area contributed by atoms with Crippen LogP contribution in [0.4, 0.5) is 0 Å². The molecule has 0 saturated carbocycles. The summed E-state index contributed by atoms with van der Waals surface area (Å²) in [7, 11) is 0. The Morgan fingerprint density at radius 2 is 0.406 bits per heavy atom. The standard InChI is InChI=1S/2C32H36N.2ClH.H2O/c2*1-4-33(5-2,6-3)31(27-19-11-7-12-20-27)32(28-21-13-8-14-22-28,29-23-15-9-16-24-29)30-25-17-10-18-26-30;;;/h2*7-26,31H,4-6H2,1-3H3;2*1H;1H2/q2*+1;;;/p-2. The Morgan fingerprint density at radius 3 is 0.551 bits per heavy atom. The molecule has 0 spiro atoms. The van der Waals surface area contributed by atoms with E-state index in [1.807, 2.05) is 0 Å². The lowest BCUT2D eigenvalue weighted by atomic mass is 9.61. The maximum absolute atomic E-state index is 2.36. The van der Waals surface area contributed by atoms with Crippen LogP contribution in [0.5, 0.6) is 0 Å². The van der Waals surface area contributed by atoms with Crippen LogP contribution in [0.25, 0.3) is 0 Å². The molecule has 8 rings (SSSR count). The van der Waals surface area contributed by atoms with Gasteiger partial charge in [-0.05, 0) is 74.9 Å². The summed E-state index contributed by atoms with van der Waals surface area (Å²) in [5.74, 6) is 0. The summed E-state index contributed by atoms with van der Waals surface area (Å²) in [4.78, 5) is 0. The monoisotopic (exact) mass is 957 g/mol. The minimum absolute atomic E-state index is 0. The molecule has 2 N–H and O–H groups in total. The van der Waals surface area contributed by atoms with Gasteiger partial charge in [0.15, 0.2) is 0 Å². The summed E-state index contributed by atoms with van der Waals surface area (Å²) in [6.07, 6.45) is 0. The van der Waals surface area contributed by atoms with Crippen LogP contribution in [-0.2, 0) is 10.8 Å². The third kappa shape index (κ3) is 10.8. The fourth-order valence-corrected chi connectivity index (χ4v) is 11.8. The molecule has 8 aromatic carbocycles.